The van der Waals surface area contributed by atoms with Crippen LogP contribution in [-0.2, 0) is 0 Å². The van der Waals surface area contributed by atoms with Gasteiger partial charge in [-0.2, -0.15) is 5.10 Å². The van der Waals surface area contributed by atoms with Crippen molar-refractivity contribution in [1.29, 1.82) is 0 Å². The number of nitro groups is 1. The van der Waals surface area contributed by atoms with Crippen molar-refractivity contribution in [3.05, 3.63) is 51.3 Å². The van der Waals surface area contributed by atoms with Crippen LogP contribution in [0.4, 0.5) is 11.6 Å². The van der Waals surface area contributed by atoms with Gasteiger partial charge in [0.15, 0.2) is 0 Å². The fourth-order valence-corrected chi connectivity index (χ4v) is 1.70. The Labute approximate surface area is 120 Å². The van der Waals surface area contributed by atoms with E-state index >= 15 is 0 Å². The van der Waals surface area contributed by atoms with Gasteiger partial charge in [0.25, 0.3) is 5.69 Å². The zero-order chi connectivity index (χ0) is 15.4. The molecule has 2 rings (SSSR count). The minimum absolute atomic E-state index is 0.332. The van der Waals surface area contributed by atoms with Gasteiger partial charge in [-0.15, -0.1) is 0 Å². The normalized spacial score (nSPS) is 10.8. The van der Waals surface area contributed by atoms with E-state index in [1.807, 2.05) is 19.9 Å². The Hall–Kier alpha value is -3.03. The molecule has 0 saturated heterocycles. The first kappa shape index (κ1) is 14.4. The SMILES string of the molecule is Cc1cc(C)nc(N/N=C\c2ccc([O-])c([N+](=O)[O-])c2)n1. The Morgan fingerprint density at radius 3 is 2.52 bits per heavy atom. The molecule has 1 N–H and O–H groups in total. The van der Waals surface area contributed by atoms with Crippen LogP contribution in [0.3, 0.4) is 0 Å². The van der Waals surface area contributed by atoms with Crippen LogP contribution >= 0.6 is 0 Å². The molecule has 0 saturated carbocycles. The van der Waals surface area contributed by atoms with Gasteiger partial charge < -0.3 is 5.11 Å². The van der Waals surface area contributed by atoms with E-state index in [4.69, 9.17) is 0 Å². The lowest BCUT2D eigenvalue weighted by Gasteiger charge is -2.06. The molecular formula is C13H12N5O3-. The summed E-state index contributed by atoms with van der Waals surface area (Å²) in [6.45, 7) is 3.67. The van der Waals surface area contributed by atoms with E-state index < -0.39 is 16.4 Å². The molecule has 0 atom stereocenters. The molecule has 2 aromatic rings. The number of nitrogens with zero attached hydrogens (tertiary/aromatic N) is 4. The molecule has 0 aliphatic carbocycles. The van der Waals surface area contributed by atoms with Gasteiger partial charge in [0.05, 0.1) is 11.1 Å². The van der Waals surface area contributed by atoms with E-state index in [1.165, 1.54) is 12.3 Å². The summed E-state index contributed by atoms with van der Waals surface area (Å²) in [7, 11) is 0. The number of hydrazone groups is 1. The molecule has 0 unspecified atom stereocenters. The molecule has 0 amide bonds. The van der Waals surface area contributed by atoms with E-state index in [1.54, 1.807) is 0 Å². The van der Waals surface area contributed by atoms with Crippen molar-refractivity contribution in [2.24, 2.45) is 5.10 Å². The largest absolute Gasteiger partial charge is 0.868 e. The third-order valence-corrected chi connectivity index (χ3v) is 2.54. The van der Waals surface area contributed by atoms with Gasteiger partial charge in [0, 0.05) is 23.0 Å². The maximum atomic E-state index is 11.3. The van der Waals surface area contributed by atoms with Crippen LogP contribution in [0.15, 0.2) is 29.4 Å². The quantitative estimate of drug-likeness (QED) is 0.517. The summed E-state index contributed by atoms with van der Waals surface area (Å²) in [6.07, 6.45) is 1.35. The van der Waals surface area contributed by atoms with Crippen molar-refractivity contribution in [3.63, 3.8) is 0 Å². The number of hydrogen-bond acceptors (Lipinski definition) is 7. The van der Waals surface area contributed by atoms with Gasteiger partial charge in [-0.3, -0.25) is 10.1 Å². The molecule has 0 aliphatic rings. The maximum absolute atomic E-state index is 11.3. The lowest BCUT2D eigenvalue weighted by atomic mass is 10.2. The standard InChI is InChI=1S/C13H13N5O3/c1-8-5-9(2)16-13(15-8)17-14-7-10-3-4-12(19)11(6-10)18(20)21/h3-7,19H,1-2H3,(H,15,16,17)/p-1/b14-7-. The predicted molar refractivity (Wildman–Crippen MR) is 75.3 cm³/mol. The summed E-state index contributed by atoms with van der Waals surface area (Å²) in [4.78, 5) is 18.2. The molecule has 108 valence electrons. The highest BCUT2D eigenvalue weighted by atomic mass is 16.6. The van der Waals surface area contributed by atoms with Crippen molar-refractivity contribution in [1.82, 2.24) is 9.97 Å². The Kier molecular flexibility index (Phi) is 4.07. The van der Waals surface area contributed by atoms with Crippen LogP contribution in [0.25, 0.3) is 0 Å². The summed E-state index contributed by atoms with van der Waals surface area (Å²) in [6, 6.07) is 5.57. The Morgan fingerprint density at radius 1 is 1.24 bits per heavy atom. The van der Waals surface area contributed by atoms with Crippen LogP contribution in [-0.4, -0.2) is 21.1 Å². The monoisotopic (exact) mass is 286 g/mol. The van der Waals surface area contributed by atoms with Gasteiger partial charge in [0.1, 0.15) is 0 Å². The molecule has 8 heteroatoms. The summed E-state index contributed by atoms with van der Waals surface area (Å²) in [5.74, 6) is -0.304. The number of hydrogen-bond donors (Lipinski definition) is 1. The highest BCUT2D eigenvalue weighted by Crippen LogP contribution is 2.22. The number of anilines is 1. The highest BCUT2D eigenvalue weighted by molar-refractivity contribution is 5.81. The molecule has 8 nitrogen and oxygen atoms in total. The van der Waals surface area contributed by atoms with Crippen LogP contribution in [0.5, 0.6) is 5.75 Å². The maximum Gasteiger partial charge on any atom is 0.262 e. The van der Waals surface area contributed by atoms with E-state index in [0.717, 1.165) is 23.5 Å². The molecule has 0 spiro atoms. The molecule has 0 bridgehead atoms. The highest BCUT2D eigenvalue weighted by Gasteiger charge is 2.06. The first-order chi connectivity index (χ1) is 9.95. The van der Waals surface area contributed by atoms with Crippen LogP contribution < -0.4 is 10.5 Å². The van der Waals surface area contributed by atoms with Gasteiger partial charge in [-0.1, -0.05) is 12.1 Å². The van der Waals surface area contributed by atoms with E-state index in [0.29, 0.717) is 11.5 Å². The molecule has 21 heavy (non-hydrogen) atoms. The first-order valence-corrected chi connectivity index (χ1v) is 6.02. The van der Waals surface area contributed by atoms with Gasteiger partial charge in [-0.05, 0) is 25.7 Å². The molecule has 0 aliphatic heterocycles. The molecule has 1 aromatic carbocycles. The topological polar surface area (TPSA) is 116 Å². The van der Waals surface area contributed by atoms with E-state index in [-0.39, 0.29) is 0 Å². The second-order valence-corrected chi connectivity index (χ2v) is 4.33. The van der Waals surface area contributed by atoms with Crippen molar-refractivity contribution < 1.29 is 10.0 Å². The van der Waals surface area contributed by atoms with Crippen molar-refractivity contribution >= 4 is 17.9 Å². The first-order valence-electron chi connectivity index (χ1n) is 6.02. The van der Waals surface area contributed by atoms with Crippen LogP contribution in [0.2, 0.25) is 0 Å². The van der Waals surface area contributed by atoms with Crippen molar-refractivity contribution in [2.75, 3.05) is 5.43 Å². The van der Waals surface area contributed by atoms with Crippen molar-refractivity contribution in [2.45, 2.75) is 13.8 Å². The second-order valence-electron chi connectivity index (χ2n) is 4.33. The fraction of sp³-hybridized carbons (Fsp3) is 0.154. The summed E-state index contributed by atoms with van der Waals surface area (Å²) < 4.78 is 0. The van der Waals surface area contributed by atoms with Gasteiger partial charge >= 0.3 is 0 Å². The molecule has 0 radical (unpaired) electrons. The third kappa shape index (κ3) is 3.72. The number of nitrogens with one attached hydrogen (secondary N) is 1. The molecule has 1 aromatic heterocycles. The number of aromatic nitrogens is 2. The molecular weight excluding hydrogens is 274 g/mol. The Bertz CT molecular complexity index is 695. The zero-order valence-electron chi connectivity index (χ0n) is 11.4. The number of nitro benzene ring substituents is 1. The molecule has 0 fully saturated rings. The number of aryl methyl sites for hydroxylation is 2. The fourth-order valence-electron chi connectivity index (χ4n) is 1.70. The Balaban J connectivity index is 2.14. The third-order valence-electron chi connectivity index (χ3n) is 2.54. The van der Waals surface area contributed by atoms with Crippen molar-refractivity contribution in [3.8, 4) is 5.75 Å². The summed E-state index contributed by atoms with van der Waals surface area (Å²) >= 11 is 0. The van der Waals surface area contributed by atoms with E-state index in [9.17, 15) is 15.2 Å². The minimum Gasteiger partial charge on any atom is -0.868 e. The lowest BCUT2D eigenvalue weighted by molar-refractivity contribution is -0.398. The minimum atomic E-state index is -0.722. The van der Waals surface area contributed by atoms with Gasteiger partial charge in [0.2, 0.25) is 5.95 Å². The number of benzene rings is 1. The molecule has 1 heterocycles. The predicted octanol–water partition coefficient (Wildman–Crippen LogP) is 1.52. The smallest absolute Gasteiger partial charge is 0.262 e. The average Bonchev–Trinajstić information content (AvgIpc) is 2.39. The average molecular weight is 286 g/mol. The number of rotatable bonds is 4. The summed E-state index contributed by atoms with van der Waals surface area (Å²) in [5, 5.41) is 25.8. The van der Waals surface area contributed by atoms with Gasteiger partial charge in [-0.25, -0.2) is 15.4 Å². The lowest BCUT2D eigenvalue weighted by Crippen LogP contribution is -2.01. The zero-order valence-corrected chi connectivity index (χ0v) is 11.4. The second kappa shape index (κ2) is 5.95. The van der Waals surface area contributed by atoms with Crippen LogP contribution in [0, 0.1) is 24.0 Å². The summed E-state index contributed by atoms with van der Waals surface area (Å²) in [5.41, 5.74) is 4.18. The Morgan fingerprint density at radius 2 is 1.90 bits per heavy atom. The van der Waals surface area contributed by atoms with Crippen LogP contribution in [0.1, 0.15) is 17.0 Å². The van der Waals surface area contributed by atoms with E-state index in [2.05, 4.69) is 20.5 Å².